The van der Waals surface area contributed by atoms with Crippen LogP contribution in [0.4, 0.5) is 0 Å². The largest absolute Gasteiger partial charge is 0.467 e. The summed E-state index contributed by atoms with van der Waals surface area (Å²) in [4.78, 5) is 21.1. The summed E-state index contributed by atoms with van der Waals surface area (Å²) in [6.07, 6.45) is 6.16. The topological polar surface area (TPSA) is 71.7 Å². The number of rotatable bonds is 4. The molecule has 4 heterocycles. The molecule has 2 aliphatic heterocycles. The van der Waals surface area contributed by atoms with Crippen molar-refractivity contribution < 1.29 is 14.1 Å². The predicted molar refractivity (Wildman–Crippen MR) is 97.5 cm³/mol. The second-order valence-corrected chi connectivity index (χ2v) is 7.85. The molecule has 0 unspecified atom stereocenters. The molecule has 0 saturated carbocycles. The molecule has 0 atom stereocenters. The highest BCUT2D eigenvalue weighted by molar-refractivity contribution is 7.11. The number of nitrogens with zero attached hydrogens (tertiary/aromatic N) is 4. The molecule has 7 nitrogen and oxygen atoms in total. The van der Waals surface area contributed by atoms with Gasteiger partial charge in [-0.3, -0.25) is 9.69 Å². The standard InChI is InChI=1S/C18H24N4O3S/c1-13-12-16(20-25-13)17(23)22-7-2-14(3-8-22)21-9-4-15(5-10-21)24-18-19-6-11-26-18/h6,11-12,14-15H,2-5,7-10H2,1H3. The number of aromatic nitrogens is 2. The van der Waals surface area contributed by atoms with Crippen LogP contribution in [-0.4, -0.2) is 64.2 Å². The van der Waals surface area contributed by atoms with Crippen molar-refractivity contribution in [1.82, 2.24) is 19.9 Å². The molecule has 0 bridgehead atoms. The maximum absolute atomic E-state index is 12.5. The van der Waals surface area contributed by atoms with Gasteiger partial charge < -0.3 is 14.2 Å². The Balaban J connectivity index is 1.23. The van der Waals surface area contributed by atoms with Crippen molar-refractivity contribution in [3.05, 3.63) is 29.1 Å². The summed E-state index contributed by atoms with van der Waals surface area (Å²) in [5, 5.41) is 6.56. The van der Waals surface area contributed by atoms with Crippen LogP contribution < -0.4 is 4.74 Å². The Morgan fingerprint density at radius 2 is 2.00 bits per heavy atom. The molecule has 1 amide bonds. The number of thiazole rings is 1. The van der Waals surface area contributed by atoms with E-state index < -0.39 is 0 Å². The number of likely N-dealkylation sites (tertiary alicyclic amines) is 2. The molecule has 2 aromatic rings. The Kier molecular flexibility index (Phi) is 5.21. The third-order valence-corrected chi connectivity index (χ3v) is 5.93. The Hall–Kier alpha value is -1.93. The SMILES string of the molecule is Cc1cc(C(=O)N2CCC(N3CCC(Oc4nccs4)CC3)CC2)no1. The molecule has 0 spiro atoms. The van der Waals surface area contributed by atoms with Crippen molar-refractivity contribution in [3.8, 4) is 5.19 Å². The number of piperidine rings is 2. The first-order valence-corrected chi connectivity index (χ1v) is 10.1. The average Bonchev–Trinajstić information content (AvgIpc) is 3.34. The van der Waals surface area contributed by atoms with Crippen LogP contribution in [0.1, 0.15) is 41.9 Å². The van der Waals surface area contributed by atoms with Gasteiger partial charge in [0.2, 0.25) is 0 Å². The van der Waals surface area contributed by atoms with Gasteiger partial charge in [0.05, 0.1) is 0 Å². The average molecular weight is 376 g/mol. The fraction of sp³-hybridized carbons (Fsp3) is 0.611. The van der Waals surface area contributed by atoms with Gasteiger partial charge in [0.15, 0.2) is 5.69 Å². The molecule has 0 aliphatic carbocycles. The van der Waals surface area contributed by atoms with Crippen LogP contribution in [0.2, 0.25) is 0 Å². The highest BCUT2D eigenvalue weighted by Crippen LogP contribution is 2.25. The first-order chi connectivity index (χ1) is 12.7. The number of ether oxygens (including phenoxy) is 1. The molecule has 2 aliphatic rings. The summed E-state index contributed by atoms with van der Waals surface area (Å²) in [6.45, 7) is 5.47. The minimum Gasteiger partial charge on any atom is -0.467 e. The second kappa shape index (κ2) is 7.75. The van der Waals surface area contributed by atoms with Gasteiger partial charge in [0.1, 0.15) is 11.9 Å². The van der Waals surface area contributed by atoms with E-state index in [-0.39, 0.29) is 12.0 Å². The molecule has 2 aromatic heterocycles. The number of aryl methyl sites for hydroxylation is 1. The van der Waals surface area contributed by atoms with Gasteiger partial charge in [0, 0.05) is 49.9 Å². The fourth-order valence-corrected chi connectivity index (χ4v) is 4.38. The fourth-order valence-electron chi connectivity index (χ4n) is 3.83. The highest BCUT2D eigenvalue weighted by atomic mass is 32.1. The number of amides is 1. The maximum Gasteiger partial charge on any atom is 0.276 e. The lowest BCUT2D eigenvalue weighted by molar-refractivity contribution is 0.0420. The summed E-state index contributed by atoms with van der Waals surface area (Å²) in [5.41, 5.74) is 0.418. The van der Waals surface area contributed by atoms with Crippen LogP contribution in [0.25, 0.3) is 0 Å². The van der Waals surface area contributed by atoms with Gasteiger partial charge in [-0.25, -0.2) is 4.98 Å². The van der Waals surface area contributed by atoms with E-state index >= 15 is 0 Å². The summed E-state index contributed by atoms with van der Waals surface area (Å²) in [5.74, 6) is 0.655. The number of carbonyl (C=O) groups excluding carboxylic acids is 1. The van der Waals surface area contributed by atoms with E-state index in [1.54, 1.807) is 30.5 Å². The number of carbonyl (C=O) groups is 1. The normalized spacial score (nSPS) is 20.4. The zero-order valence-corrected chi connectivity index (χ0v) is 15.8. The molecule has 140 valence electrons. The van der Waals surface area contributed by atoms with Crippen LogP contribution in [0.15, 0.2) is 22.2 Å². The molecular formula is C18H24N4O3S. The minimum atomic E-state index is -0.0177. The molecular weight excluding hydrogens is 352 g/mol. The van der Waals surface area contributed by atoms with Crippen LogP contribution in [0.3, 0.4) is 0 Å². The molecule has 2 saturated heterocycles. The van der Waals surface area contributed by atoms with Crippen molar-refractivity contribution in [2.24, 2.45) is 0 Å². The predicted octanol–water partition coefficient (Wildman–Crippen LogP) is 2.59. The van der Waals surface area contributed by atoms with E-state index in [2.05, 4.69) is 15.0 Å². The van der Waals surface area contributed by atoms with Crippen molar-refractivity contribution in [3.63, 3.8) is 0 Å². The highest BCUT2D eigenvalue weighted by Gasteiger charge is 2.31. The van der Waals surface area contributed by atoms with E-state index in [0.717, 1.165) is 57.1 Å². The summed E-state index contributed by atoms with van der Waals surface area (Å²) >= 11 is 1.55. The third kappa shape index (κ3) is 3.91. The Morgan fingerprint density at radius 3 is 2.62 bits per heavy atom. The van der Waals surface area contributed by atoms with Crippen molar-refractivity contribution in [2.45, 2.75) is 44.8 Å². The van der Waals surface area contributed by atoms with E-state index in [1.807, 2.05) is 10.3 Å². The third-order valence-electron chi connectivity index (χ3n) is 5.27. The lowest BCUT2D eigenvalue weighted by atomic mass is 9.98. The van der Waals surface area contributed by atoms with Crippen molar-refractivity contribution in [1.29, 1.82) is 0 Å². The van der Waals surface area contributed by atoms with Gasteiger partial charge in [-0.05, 0) is 32.6 Å². The first kappa shape index (κ1) is 17.5. The molecule has 0 aromatic carbocycles. The first-order valence-electron chi connectivity index (χ1n) is 9.22. The van der Waals surface area contributed by atoms with E-state index in [1.165, 1.54) is 0 Å². The number of hydrogen-bond donors (Lipinski definition) is 0. The lowest BCUT2D eigenvalue weighted by Crippen LogP contribution is -2.50. The van der Waals surface area contributed by atoms with E-state index in [9.17, 15) is 4.79 Å². The summed E-state index contributed by atoms with van der Waals surface area (Å²) in [7, 11) is 0. The summed E-state index contributed by atoms with van der Waals surface area (Å²) in [6, 6.07) is 2.26. The van der Waals surface area contributed by atoms with Crippen molar-refractivity contribution in [2.75, 3.05) is 26.2 Å². The quantitative estimate of drug-likeness (QED) is 0.817. The van der Waals surface area contributed by atoms with Crippen LogP contribution in [-0.2, 0) is 0 Å². The molecule has 2 fully saturated rings. The van der Waals surface area contributed by atoms with Gasteiger partial charge >= 0.3 is 0 Å². The van der Waals surface area contributed by atoms with Crippen LogP contribution >= 0.6 is 11.3 Å². The van der Waals surface area contributed by atoms with Gasteiger partial charge in [-0.1, -0.05) is 16.5 Å². The molecule has 26 heavy (non-hydrogen) atoms. The lowest BCUT2D eigenvalue weighted by Gasteiger charge is -2.41. The Morgan fingerprint density at radius 1 is 1.23 bits per heavy atom. The monoisotopic (exact) mass is 376 g/mol. The van der Waals surface area contributed by atoms with Crippen LogP contribution in [0, 0.1) is 6.92 Å². The van der Waals surface area contributed by atoms with E-state index in [0.29, 0.717) is 17.5 Å². The Bertz CT molecular complexity index is 717. The molecule has 8 heteroatoms. The van der Waals surface area contributed by atoms with Gasteiger partial charge in [0.25, 0.3) is 11.1 Å². The maximum atomic E-state index is 12.5. The molecule has 0 radical (unpaired) electrons. The Labute approximate surface area is 156 Å². The molecule has 0 N–H and O–H groups in total. The minimum absolute atomic E-state index is 0.0177. The van der Waals surface area contributed by atoms with Gasteiger partial charge in [-0.15, -0.1) is 0 Å². The van der Waals surface area contributed by atoms with Gasteiger partial charge in [-0.2, -0.15) is 0 Å². The number of hydrogen-bond acceptors (Lipinski definition) is 7. The second-order valence-electron chi connectivity index (χ2n) is 7.00. The zero-order valence-electron chi connectivity index (χ0n) is 15.0. The van der Waals surface area contributed by atoms with Crippen molar-refractivity contribution >= 4 is 17.2 Å². The zero-order chi connectivity index (χ0) is 17.9. The summed E-state index contributed by atoms with van der Waals surface area (Å²) < 4.78 is 11.0. The van der Waals surface area contributed by atoms with E-state index in [4.69, 9.17) is 9.26 Å². The van der Waals surface area contributed by atoms with Crippen LogP contribution in [0.5, 0.6) is 5.19 Å². The molecule has 4 rings (SSSR count). The smallest absolute Gasteiger partial charge is 0.276 e.